The van der Waals surface area contributed by atoms with Gasteiger partial charge < -0.3 is 19.7 Å². The summed E-state index contributed by atoms with van der Waals surface area (Å²) >= 11 is 0. The maximum absolute atomic E-state index is 11.3. The molecule has 0 aromatic heterocycles. The van der Waals surface area contributed by atoms with Gasteiger partial charge in [-0.2, -0.15) is 0 Å². The number of carbonyl (C=O) groups is 1. The summed E-state index contributed by atoms with van der Waals surface area (Å²) < 4.78 is 10.0. The summed E-state index contributed by atoms with van der Waals surface area (Å²) in [6, 6.07) is 7.16. The number of aliphatic hydroxyl groups excluding tert-OH is 2. The van der Waals surface area contributed by atoms with Crippen molar-refractivity contribution in [3.63, 3.8) is 0 Å². The van der Waals surface area contributed by atoms with Crippen LogP contribution < -0.4 is 4.74 Å². The van der Waals surface area contributed by atoms with Crippen molar-refractivity contribution in [1.29, 1.82) is 0 Å². The summed E-state index contributed by atoms with van der Waals surface area (Å²) in [4.78, 5) is 11.3. The van der Waals surface area contributed by atoms with Gasteiger partial charge >= 0.3 is 5.97 Å². The Morgan fingerprint density at radius 2 is 2.05 bits per heavy atom. The van der Waals surface area contributed by atoms with Crippen molar-refractivity contribution >= 4 is 12.0 Å². The van der Waals surface area contributed by atoms with E-state index in [1.165, 1.54) is 6.08 Å². The highest BCUT2D eigenvalue weighted by molar-refractivity contribution is 5.87. The summed E-state index contributed by atoms with van der Waals surface area (Å²) in [5.74, 6) is 0.139. The molecule has 0 aliphatic heterocycles. The van der Waals surface area contributed by atoms with Gasteiger partial charge in [-0.25, -0.2) is 4.79 Å². The van der Waals surface area contributed by atoms with Crippen LogP contribution in [0, 0.1) is 0 Å². The first-order chi connectivity index (χ1) is 9.65. The molecule has 1 atom stereocenters. The molecule has 0 heterocycles. The minimum atomic E-state index is -1.05. The van der Waals surface area contributed by atoms with Crippen molar-refractivity contribution in [3.05, 3.63) is 48.6 Å². The monoisotopic (exact) mass is 278 g/mol. The molecule has 0 saturated carbocycles. The molecule has 1 aromatic carbocycles. The Hall–Kier alpha value is -2.11. The second kappa shape index (κ2) is 8.90. The minimum absolute atomic E-state index is 0.228. The molecule has 1 unspecified atom stereocenters. The third-order valence-corrected chi connectivity index (χ3v) is 2.29. The van der Waals surface area contributed by atoms with Gasteiger partial charge in [-0.3, -0.25) is 0 Å². The molecule has 0 fully saturated rings. The van der Waals surface area contributed by atoms with Crippen molar-refractivity contribution in [3.8, 4) is 5.75 Å². The third kappa shape index (κ3) is 6.17. The Bertz CT molecular complexity index is 450. The van der Waals surface area contributed by atoms with Crippen LogP contribution in [0.2, 0.25) is 0 Å². The first kappa shape index (κ1) is 15.9. The molecule has 5 heteroatoms. The molecule has 0 spiro atoms. The van der Waals surface area contributed by atoms with E-state index in [-0.39, 0.29) is 6.61 Å². The lowest BCUT2D eigenvalue weighted by Crippen LogP contribution is -2.21. The van der Waals surface area contributed by atoms with Crippen LogP contribution in [0.5, 0.6) is 5.75 Å². The van der Waals surface area contributed by atoms with E-state index < -0.39 is 18.7 Å². The third-order valence-electron chi connectivity index (χ3n) is 2.29. The Labute approximate surface area is 117 Å². The molecule has 0 radical (unpaired) electrons. The van der Waals surface area contributed by atoms with E-state index in [1.807, 2.05) is 0 Å². The first-order valence-electron chi connectivity index (χ1n) is 6.13. The minimum Gasteiger partial charge on any atom is -0.490 e. The molecule has 0 amide bonds. The molecule has 1 aromatic rings. The van der Waals surface area contributed by atoms with Crippen LogP contribution in [-0.4, -0.2) is 42.1 Å². The fourth-order valence-corrected chi connectivity index (χ4v) is 1.27. The average molecular weight is 278 g/mol. The number of ether oxygens (including phenoxy) is 2. The van der Waals surface area contributed by atoms with Gasteiger partial charge in [-0.05, 0) is 23.8 Å². The van der Waals surface area contributed by atoms with Gasteiger partial charge in [0, 0.05) is 6.08 Å². The standard InChI is InChI=1S/C15H18O5/c1-2-9-19-14-6-3-12(4-7-14)5-8-15(18)20-11-13(17)10-16/h2-8,13,16-17H,1,9-11H2/b8-5+. The molecular formula is C15H18O5. The van der Waals surface area contributed by atoms with E-state index in [0.29, 0.717) is 6.61 Å². The zero-order chi connectivity index (χ0) is 14.8. The smallest absolute Gasteiger partial charge is 0.330 e. The van der Waals surface area contributed by atoms with Crippen LogP contribution >= 0.6 is 0 Å². The van der Waals surface area contributed by atoms with E-state index in [9.17, 15) is 4.79 Å². The maximum Gasteiger partial charge on any atom is 0.330 e. The highest BCUT2D eigenvalue weighted by Gasteiger charge is 2.04. The summed E-state index contributed by atoms with van der Waals surface area (Å²) in [7, 11) is 0. The summed E-state index contributed by atoms with van der Waals surface area (Å²) in [6.07, 6.45) is 3.45. The number of aliphatic hydroxyl groups is 2. The Balaban J connectivity index is 2.44. The summed E-state index contributed by atoms with van der Waals surface area (Å²) in [5, 5.41) is 17.6. The highest BCUT2D eigenvalue weighted by atomic mass is 16.5. The van der Waals surface area contributed by atoms with Crippen LogP contribution in [0.3, 0.4) is 0 Å². The number of hydrogen-bond donors (Lipinski definition) is 2. The number of carbonyl (C=O) groups excluding carboxylic acids is 1. The molecule has 20 heavy (non-hydrogen) atoms. The normalized spacial score (nSPS) is 12.1. The predicted molar refractivity (Wildman–Crippen MR) is 75.2 cm³/mol. The Morgan fingerprint density at radius 3 is 2.65 bits per heavy atom. The van der Waals surface area contributed by atoms with Gasteiger partial charge in [0.2, 0.25) is 0 Å². The van der Waals surface area contributed by atoms with Crippen LogP contribution in [0.4, 0.5) is 0 Å². The lowest BCUT2D eigenvalue weighted by molar-refractivity contribution is -0.141. The molecule has 0 saturated heterocycles. The van der Waals surface area contributed by atoms with Crippen LogP contribution in [-0.2, 0) is 9.53 Å². The molecule has 0 aliphatic carbocycles. The number of esters is 1. The summed E-state index contributed by atoms with van der Waals surface area (Å²) in [6.45, 7) is 3.33. The van der Waals surface area contributed by atoms with Gasteiger partial charge in [0.15, 0.2) is 0 Å². The fourth-order valence-electron chi connectivity index (χ4n) is 1.27. The molecule has 2 N–H and O–H groups in total. The zero-order valence-corrected chi connectivity index (χ0v) is 11.1. The van der Waals surface area contributed by atoms with E-state index in [0.717, 1.165) is 11.3 Å². The number of hydrogen-bond acceptors (Lipinski definition) is 5. The van der Waals surface area contributed by atoms with Crippen LogP contribution in [0.15, 0.2) is 43.0 Å². The first-order valence-corrected chi connectivity index (χ1v) is 6.13. The predicted octanol–water partition coefficient (Wildman–Crippen LogP) is 1.16. The van der Waals surface area contributed by atoms with Crippen LogP contribution in [0.25, 0.3) is 6.08 Å². The zero-order valence-electron chi connectivity index (χ0n) is 11.1. The molecule has 5 nitrogen and oxygen atoms in total. The lowest BCUT2D eigenvalue weighted by atomic mass is 10.2. The SMILES string of the molecule is C=CCOc1ccc(/C=C/C(=O)OCC(O)CO)cc1. The Morgan fingerprint density at radius 1 is 1.35 bits per heavy atom. The van der Waals surface area contributed by atoms with E-state index >= 15 is 0 Å². The van der Waals surface area contributed by atoms with Gasteiger partial charge in [0.1, 0.15) is 25.1 Å². The average Bonchev–Trinajstić information content (AvgIpc) is 2.49. The van der Waals surface area contributed by atoms with E-state index in [4.69, 9.17) is 19.7 Å². The van der Waals surface area contributed by atoms with Crippen molar-refractivity contribution in [1.82, 2.24) is 0 Å². The van der Waals surface area contributed by atoms with Crippen molar-refractivity contribution < 1.29 is 24.5 Å². The highest BCUT2D eigenvalue weighted by Crippen LogP contribution is 2.13. The van der Waals surface area contributed by atoms with Gasteiger partial charge in [0.25, 0.3) is 0 Å². The molecule has 0 bridgehead atoms. The molecular weight excluding hydrogens is 260 g/mol. The second-order valence-corrected chi connectivity index (χ2v) is 3.97. The number of benzene rings is 1. The van der Waals surface area contributed by atoms with Gasteiger partial charge in [-0.1, -0.05) is 24.8 Å². The fraction of sp³-hybridized carbons (Fsp3) is 0.267. The van der Waals surface area contributed by atoms with Crippen LogP contribution in [0.1, 0.15) is 5.56 Å². The maximum atomic E-state index is 11.3. The van der Waals surface area contributed by atoms with E-state index in [2.05, 4.69) is 6.58 Å². The number of rotatable bonds is 8. The van der Waals surface area contributed by atoms with Gasteiger partial charge in [-0.15, -0.1) is 0 Å². The second-order valence-electron chi connectivity index (χ2n) is 3.97. The molecule has 108 valence electrons. The van der Waals surface area contributed by atoms with Gasteiger partial charge in [0.05, 0.1) is 6.61 Å². The quantitative estimate of drug-likeness (QED) is 0.424. The molecule has 0 aliphatic rings. The Kier molecular flexibility index (Phi) is 7.10. The van der Waals surface area contributed by atoms with Crippen molar-refractivity contribution in [2.45, 2.75) is 6.10 Å². The molecule has 1 rings (SSSR count). The van der Waals surface area contributed by atoms with E-state index in [1.54, 1.807) is 36.4 Å². The summed E-state index contributed by atoms with van der Waals surface area (Å²) in [5.41, 5.74) is 0.815. The lowest BCUT2D eigenvalue weighted by Gasteiger charge is -2.06. The topological polar surface area (TPSA) is 76.0 Å². The van der Waals surface area contributed by atoms with Crippen molar-refractivity contribution in [2.75, 3.05) is 19.8 Å². The van der Waals surface area contributed by atoms with Crippen molar-refractivity contribution in [2.24, 2.45) is 0 Å². The largest absolute Gasteiger partial charge is 0.490 e.